The van der Waals surface area contributed by atoms with Gasteiger partial charge in [-0.2, -0.15) is 0 Å². The normalized spacial score (nSPS) is 15.1. The third-order valence-corrected chi connectivity index (χ3v) is 4.32. The molecule has 7 nitrogen and oxygen atoms in total. The molecule has 2 rings (SSSR count). The SMILES string of the molecule is CC(C)(C)NC(=O)N1CCC(CNC(=O)C(=O)Nc2cc(F)ccc2F)CC1. The Morgan fingerprint density at radius 3 is 2.36 bits per heavy atom. The minimum atomic E-state index is -1.06. The predicted molar refractivity (Wildman–Crippen MR) is 101 cm³/mol. The zero-order chi connectivity index (χ0) is 20.9. The van der Waals surface area contributed by atoms with Gasteiger partial charge in [0.25, 0.3) is 0 Å². The summed E-state index contributed by atoms with van der Waals surface area (Å²) < 4.78 is 26.6. The number of amides is 4. The number of anilines is 1. The Morgan fingerprint density at radius 2 is 1.75 bits per heavy atom. The molecule has 0 aliphatic carbocycles. The van der Waals surface area contributed by atoms with Gasteiger partial charge in [0.15, 0.2) is 0 Å². The van der Waals surface area contributed by atoms with Gasteiger partial charge in [-0.3, -0.25) is 9.59 Å². The zero-order valence-electron chi connectivity index (χ0n) is 16.3. The quantitative estimate of drug-likeness (QED) is 0.685. The van der Waals surface area contributed by atoms with Crippen LogP contribution in [0.4, 0.5) is 19.3 Å². The summed E-state index contributed by atoms with van der Waals surface area (Å²) in [5, 5.41) is 7.47. The number of nitrogens with one attached hydrogen (secondary N) is 3. The Labute approximate surface area is 162 Å². The maximum absolute atomic E-state index is 13.5. The van der Waals surface area contributed by atoms with Crippen LogP contribution in [-0.2, 0) is 9.59 Å². The number of carbonyl (C=O) groups excluding carboxylic acids is 3. The number of urea groups is 1. The molecule has 1 heterocycles. The number of piperidine rings is 1. The van der Waals surface area contributed by atoms with Gasteiger partial charge >= 0.3 is 17.8 Å². The predicted octanol–water partition coefficient (Wildman–Crippen LogP) is 2.24. The molecular weight excluding hydrogens is 370 g/mol. The van der Waals surface area contributed by atoms with Gasteiger partial charge in [-0.15, -0.1) is 0 Å². The van der Waals surface area contributed by atoms with Crippen molar-refractivity contribution >= 4 is 23.5 Å². The van der Waals surface area contributed by atoms with Crippen molar-refractivity contribution in [3.8, 4) is 0 Å². The van der Waals surface area contributed by atoms with E-state index in [0.29, 0.717) is 25.9 Å². The molecule has 1 fully saturated rings. The summed E-state index contributed by atoms with van der Waals surface area (Å²) in [5.74, 6) is -3.41. The van der Waals surface area contributed by atoms with E-state index in [4.69, 9.17) is 0 Å². The highest BCUT2D eigenvalue weighted by Gasteiger charge is 2.26. The number of halogens is 2. The van der Waals surface area contributed by atoms with Crippen molar-refractivity contribution < 1.29 is 23.2 Å². The lowest BCUT2D eigenvalue weighted by Crippen LogP contribution is -2.51. The summed E-state index contributed by atoms with van der Waals surface area (Å²) >= 11 is 0. The lowest BCUT2D eigenvalue weighted by atomic mass is 9.97. The van der Waals surface area contributed by atoms with E-state index in [2.05, 4.69) is 16.0 Å². The summed E-state index contributed by atoms with van der Waals surface area (Å²) in [6, 6.07) is 2.47. The Morgan fingerprint density at radius 1 is 1.11 bits per heavy atom. The summed E-state index contributed by atoms with van der Waals surface area (Å²) in [5.41, 5.74) is -0.700. The standard InChI is InChI=1S/C19H26F2N4O3/c1-19(2,3)24-18(28)25-8-6-12(7-9-25)11-22-16(26)17(27)23-15-10-13(20)4-5-14(15)21/h4-5,10,12H,6-9,11H2,1-3H3,(H,22,26)(H,23,27)(H,24,28). The first-order valence-corrected chi connectivity index (χ1v) is 9.16. The molecule has 1 aromatic carbocycles. The van der Waals surface area contributed by atoms with Crippen molar-refractivity contribution in [3.63, 3.8) is 0 Å². The first-order valence-electron chi connectivity index (χ1n) is 9.16. The Balaban J connectivity index is 1.75. The largest absolute Gasteiger partial charge is 0.348 e. The number of hydrogen-bond acceptors (Lipinski definition) is 3. The molecule has 3 N–H and O–H groups in total. The van der Waals surface area contributed by atoms with Gasteiger partial charge in [0.2, 0.25) is 0 Å². The van der Waals surface area contributed by atoms with E-state index in [9.17, 15) is 23.2 Å². The average Bonchev–Trinajstić information content (AvgIpc) is 2.61. The van der Waals surface area contributed by atoms with Crippen molar-refractivity contribution in [2.24, 2.45) is 5.92 Å². The van der Waals surface area contributed by atoms with Crippen LogP contribution in [0, 0.1) is 17.6 Å². The second-order valence-electron chi connectivity index (χ2n) is 7.90. The van der Waals surface area contributed by atoms with E-state index in [1.807, 2.05) is 20.8 Å². The molecule has 0 unspecified atom stereocenters. The van der Waals surface area contributed by atoms with E-state index in [1.54, 1.807) is 4.90 Å². The van der Waals surface area contributed by atoms with E-state index < -0.39 is 29.1 Å². The number of likely N-dealkylation sites (tertiary alicyclic amines) is 1. The maximum atomic E-state index is 13.5. The minimum Gasteiger partial charge on any atom is -0.348 e. The van der Waals surface area contributed by atoms with E-state index in [-0.39, 0.29) is 24.0 Å². The molecule has 0 atom stereocenters. The van der Waals surface area contributed by atoms with Crippen molar-refractivity contribution in [2.75, 3.05) is 25.0 Å². The molecule has 1 aromatic rings. The third-order valence-electron chi connectivity index (χ3n) is 4.32. The van der Waals surface area contributed by atoms with Crippen LogP contribution in [0.2, 0.25) is 0 Å². The van der Waals surface area contributed by atoms with Gasteiger partial charge in [-0.25, -0.2) is 13.6 Å². The van der Waals surface area contributed by atoms with Crippen molar-refractivity contribution in [3.05, 3.63) is 29.8 Å². The summed E-state index contributed by atoms with van der Waals surface area (Å²) in [6.07, 6.45) is 1.38. The van der Waals surface area contributed by atoms with E-state index >= 15 is 0 Å². The van der Waals surface area contributed by atoms with Crippen LogP contribution in [-0.4, -0.2) is 47.9 Å². The molecule has 1 aliphatic rings. The molecule has 0 aromatic heterocycles. The average molecular weight is 396 g/mol. The van der Waals surface area contributed by atoms with Crippen molar-refractivity contribution in [1.82, 2.24) is 15.5 Å². The lowest BCUT2D eigenvalue weighted by Gasteiger charge is -2.34. The van der Waals surface area contributed by atoms with Crippen molar-refractivity contribution in [2.45, 2.75) is 39.2 Å². The number of hydrogen-bond donors (Lipinski definition) is 3. The van der Waals surface area contributed by atoms with Gasteiger partial charge in [0.1, 0.15) is 11.6 Å². The Kier molecular flexibility index (Phi) is 6.93. The Bertz CT molecular complexity index is 741. The minimum absolute atomic E-state index is 0.119. The van der Waals surface area contributed by atoms with E-state index in [1.165, 1.54) is 0 Å². The fraction of sp³-hybridized carbons (Fsp3) is 0.526. The van der Waals surface area contributed by atoms with Crippen LogP contribution in [0.1, 0.15) is 33.6 Å². The van der Waals surface area contributed by atoms with Gasteiger partial charge in [-0.1, -0.05) is 0 Å². The molecule has 0 saturated carbocycles. The first kappa shape index (κ1) is 21.6. The molecule has 4 amide bonds. The highest BCUT2D eigenvalue weighted by atomic mass is 19.1. The smallest absolute Gasteiger partial charge is 0.317 e. The number of benzene rings is 1. The van der Waals surface area contributed by atoms with Gasteiger partial charge in [-0.05, 0) is 51.7 Å². The van der Waals surface area contributed by atoms with Crippen LogP contribution in [0.25, 0.3) is 0 Å². The molecular formula is C19H26F2N4O3. The van der Waals surface area contributed by atoms with Gasteiger partial charge in [0, 0.05) is 31.2 Å². The molecule has 9 heteroatoms. The van der Waals surface area contributed by atoms with E-state index in [0.717, 1.165) is 18.2 Å². The fourth-order valence-corrected chi connectivity index (χ4v) is 2.83. The van der Waals surface area contributed by atoms with Crippen LogP contribution in [0.5, 0.6) is 0 Å². The zero-order valence-corrected chi connectivity index (χ0v) is 16.3. The fourth-order valence-electron chi connectivity index (χ4n) is 2.83. The lowest BCUT2D eigenvalue weighted by molar-refractivity contribution is -0.136. The highest BCUT2D eigenvalue weighted by molar-refractivity contribution is 6.39. The van der Waals surface area contributed by atoms with Gasteiger partial charge < -0.3 is 20.9 Å². The molecule has 154 valence electrons. The molecule has 1 saturated heterocycles. The molecule has 0 bridgehead atoms. The Hall–Kier alpha value is -2.71. The molecule has 0 radical (unpaired) electrons. The highest BCUT2D eigenvalue weighted by Crippen LogP contribution is 2.17. The molecule has 1 aliphatic heterocycles. The van der Waals surface area contributed by atoms with Crippen LogP contribution < -0.4 is 16.0 Å². The maximum Gasteiger partial charge on any atom is 0.317 e. The van der Waals surface area contributed by atoms with Gasteiger partial charge in [0.05, 0.1) is 5.69 Å². The number of rotatable bonds is 3. The molecule has 0 spiro atoms. The van der Waals surface area contributed by atoms with Crippen molar-refractivity contribution in [1.29, 1.82) is 0 Å². The second-order valence-corrected chi connectivity index (χ2v) is 7.90. The van der Waals surface area contributed by atoms with Crippen LogP contribution in [0.15, 0.2) is 18.2 Å². The summed E-state index contributed by atoms with van der Waals surface area (Å²) in [7, 11) is 0. The second kappa shape index (κ2) is 8.99. The summed E-state index contributed by atoms with van der Waals surface area (Å²) in [6.45, 7) is 7.12. The number of nitrogens with zero attached hydrogens (tertiary/aromatic N) is 1. The molecule has 28 heavy (non-hydrogen) atoms. The number of carbonyl (C=O) groups is 3. The van der Waals surface area contributed by atoms with Crippen LogP contribution >= 0.6 is 0 Å². The third kappa shape index (κ3) is 6.47. The van der Waals surface area contributed by atoms with Crippen LogP contribution in [0.3, 0.4) is 0 Å². The first-order chi connectivity index (χ1) is 13.0. The monoisotopic (exact) mass is 396 g/mol. The topological polar surface area (TPSA) is 90.5 Å². The summed E-state index contributed by atoms with van der Waals surface area (Å²) in [4.78, 5) is 37.6.